The molecule has 0 aliphatic carbocycles. The van der Waals surface area contributed by atoms with E-state index in [9.17, 15) is 9.59 Å². The van der Waals surface area contributed by atoms with Gasteiger partial charge in [0.25, 0.3) is 0 Å². The number of carbonyl (C=O) groups excluding carboxylic acids is 2. The molecule has 0 radical (unpaired) electrons. The molecule has 2 fully saturated rings. The van der Waals surface area contributed by atoms with Gasteiger partial charge in [-0.05, 0) is 6.92 Å². The van der Waals surface area contributed by atoms with Gasteiger partial charge in [-0.15, -0.1) is 0 Å². The van der Waals surface area contributed by atoms with E-state index in [1.807, 2.05) is 0 Å². The van der Waals surface area contributed by atoms with Crippen molar-refractivity contribution in [1.29, 1.82) is 0 Å². The van der Waals surface area contributed by atoms with E-state index in [1.54, 1.807) is 11.8 Å². The van der Waals surface area contributed by atoms with Crippen molar-refractivity contribution in [3.63, 3.8) is 0 Å². The van der Waals surface area contributed by atoms with Gasteiger partial charge in [-0.25, -0.2) is 9.59 Å². The zero-order valence-electron chi connectivity index (χ0n) is 8.62. The van der Waals surface area contributed by atoms with E-state index in [4.69, 9.17) is 9.47 Å². The fraction of sp³-hybridized carbons (Fsp3) is 0.778. The van der Waals surface area contributed by atoms with E-state index in [2.05, 4.69) is 5.32 Å². The molecule has 2 saturated heterocycles. The Morgan fingerprint density at radius 2 is 2.53 bits per heavy atom. The fourth-order valence-electron chi connectivity index (χ4n) is 1.94. The maximum atomic E-state index is 11.4. The fourth-order valence-corrected chi connectivity index (χ4v) is 1.94. The topological polar surface area (TPSA) is 67.9 Å². The summed E-state index contributed by atoms with van der Waals surface area (Å²) >= 11 is 0. The SMILES string of the molecule is CCOC(=O)N1CCC2(CNC(=O)O2)C1. The van der Waals surface area contributed by atoms with Crippen LogP contribution in [0.3, 0.4) is 0 Å². The number of nitrogens with zero attached hydrogens (tertiary/aromatic N) is 1. The first-order valence-electron chi connectivity index (χ1n) is 5.04. The summed E-state index contributed by atoms with van der Waals surface area (Å²) in [5.41, 5.74) is -0.524. The lowest BCUT2D eigenvalue weighted by atomic mass is 10.0. The summed E-state index contributed by atoms with van der Waals surface area (Å²) in [4.78, 5) is 23.9. The van der Waals surface area contributed by atoms with Crippen LogP contribution >= 0.6 is 0 Å². The van der Waals surface area contributed by atoms with Crippen LogP contribution in [-0.4, -0.2) is 48.9 Å². The van der Waals surface area contributed by atoms with Gasteiger partial charge >= 0.3 is 12.2 Å². The molecule has 15 heavy (non-hydrogen) atoms. The Balaban J connectivity index is 1.94. The molecule has 0 saturated carbocycles. The lowest BCUT2D eigenvalue weighted by molar-refractivity contribution is 0.0583. The van der Waals surface area contributed by atoms with Crippen LogP contribution in [0, 0.1) is 0 Å². The van der Waals surface area contributed by atoms with E-state index < -0.39 is 11.7 Å². The van der Waals surface area contributed by atoms with Gasteiger partial charge < -0.3 is 19.7 Å². The summed E-state index contributed by atoms with van der Waals surface area (Å²) in [6, 6.07) is 0. The number of amides is 2. The predicted octanol–water partition coefficient (Wildman–Crippen LogP) is 0.327. The number of likely N-dealkylation sites (tertiary alicyclic amines) is 1. The number of nitrogens with one attached hydrogen (secondary N) is 1. The first-order chi connectivity index (χ1) is 7.15. The molecule has 0 aromatic heterocycles. The molecule has 2 rings (SSSR count). The third-order valence-electron chi connectivity index (χ3n) is 2.71. The Hall–Kier alpha value is -1.46. The molecular formula is C9H14N2O4. The highest BCUT2D eigenvalue weighted by atomic mass is 16.6. The van der Waals surface area contributed by atoms with Crippen LogP contribution in [0.4, 0.5) is 9.59 Å². The quantitative estimate of drug-likeness (QED) is 0.683. The normalized spacial score (nSPS) is 29.1. The van der Waals surface area contributed by atoms with Crippen molar-refractivity contribution in [3.8, 4) is 0 Å². The number of carbonyl (C=O) groups is 2. The van der Waals surface area contributed by atoms with Crippen LogP contribution in [0.25, 0.3) is 0 Å². The highest BCUT2D eigenvalue weighted by Crippen LogP contribution is 2.28. The molecule has 0 aromatic carbocycles. The zero-order chi connectivity index (χ0) is 10.9. The largest absolute Gasteiger partial charge is 0.450 e. The van der Waals surface area contributed by atoms with Gasteiger partial charge in [0.15, 0.2) is 5.60 Å². The summed E-state index contributed by atoms with van der Waals surface area (Å²) in [6.07, 6.45) is -0.0667. The third kappa shape index (κ3) is 1.84. The first-order valence-corrected chi connectivity index (χ1v) is 5.04. The van der Waals surface area contributed by atoms with Crippen molar-refractivity contribution in [2.24, 2.45) is 0 Å². The molecule has 2 amide bonds. The highest BCUT2D eigenvalue weighted by Gasteiger charge is 2.47. The number of hydrogen-bond donors (Lipinski definition) is 1. The molecule has 1 spiro atoms. The smallest absolute Gasteiger partial charge is 0.409 e. The van der Waals surface area contributed by atoms with Crippen LogP contribution in [0.15, 0.2) is 0 Å². The van der Waals surface area contributed by atoms with E-state index in [0.29, 0.717) is 32.7 Å². The molecule has 6 heteroatoms. The monoisotopic (exact) mass is 214 g/mol. The summed E-state index contributed by atoms with van der Waals surface area (Å²) in [7, 11) is 0. The minimum absolute atomic E-state index is 0.336. The lowest BCUT2D eigenvalue weighted by Gasteiger charge is -2.20. The minimum atomic E-state index is -0.524. The third-order valence-corrected chi connectivity index (χ3v) is 2.71. The second-order valence-electron chi connectivity index (χ2n) is 3.80. The summed E-state index contributed by atoms with van der Waals surface area (Å²) in [6.45, 7) is 3.60. The lowest BCUT2D eigenvalue weighted by Crippen LogP contribution is -2.39. The molecule has 6 nitrogen and oxygen atoms in total. The van der Waals surface area contributed by atoms with E-state index in [1.165, 1.54) is 0 Å². The molecule has 84 valence electrons. The highest BCUT2D eigenvalue weighted by molar-refractivity contribution is 5.72. The zero-order valence-corrected chi connectivity index (χ0v) is 8.62. The van der Waals surface area contributed by atoms with Crippen LogP contribution in [0.5, 0.6) is 0 Å². The molecule has 1 atom stereocenters. The molecule has 1 N–H and O–H groups in total. The first kappa shape index (κ1) is 10.1. The van der Waals surface area contributed by atoms with Crippen molar-refractivity contribution >= 4 is 12.2 Å². The summed E-state index contributed by atoms with van der Waals surface area (Å²) in [5.74, 6) is 0. The van der Waals surface area contributed by atoms with Crippen LogP contribution in [0.2, 0.25) is 0 Å². The van der Waals surface area contributed by atoms with Crippen LogP contribution < -0.4 is 5.32 Å². The molecule has 2 aliphatic rings. The van der Waals surface area contributed by atoms with Crippen molar-refractivity contribution in [1.82, 2.24) is 10.2 Å². The maximum Gasteiger partial charge on any atom is 0.409 e. The van der Waals surface area contributed by atoms with Crippen LogP contribution in [0.1, 0.15) is 13.3 Å². The Morgan fingerprint density at radius 3 is 3.13 bits per heavy atom. The minimum Gasteiger partial charge on any atom is -0.450 e. The van der Waals surface area contributed by atoms with Gasteiger partial charge in [-0.2, -0.15) is 0 Å². The predicted molar refractivity (Wildman–Crippen MR) is 50.4 cm³/mol. The molecule has 0 aromatic rings. The molecule has 2 aliphatic heterocycles. The number of hydrogen-bond acceptors (Lipinski definition) is 4. The molecule has 0 bridgehead atoms. The van der Waals surface area contributed by atoms with Crippen molar-refractivity contribution in [2.45, 2.75) is 18.9 Å². The van der Waals surface area contributed by atoms with Gasteiger partial charge in [-0.1, -0.05) is 0 Å². The second-order valence-corrected chi connectivity index (χ2v) is 3.80. The summed E-state index contributed by atoms with van der Waals surface area (Å²) < 4.78 is 10.1. The Bertz CT molecular complexity index is 294. The summed E-state index contributed by atoms with van der Waals surface area (Å²) in [5, 5.41) is 2.60. The van der Waals surface area contributed by atoms with Gasteiger partial charge in [0, 0.05) is 13.0 Å². The molecule has 2 heterocycles. The molecule has 1 unspecified atom stereocenters. The van der Waals surface area contributed by atoms with Crippen molar-refractivity contribution in [3.05, 3.63) is 0 Å². The van der Waals surface area contributed by atoms with E-state index >= 15 is 0 Å². The Morgan fingerprint density at radius 1 is 1.73 bits per heavy atom. The van der Waals surface area contributed by atoms with Gasteiger partial charge in [0.05, 0.1) is 19.7 Å². The number of alkyl carbamates (subject to hydrolysis) is 1. The number of rotatable bonds is 1. The van der Waals surface area contributed by atoms with E-state index in [-0.39, 0.29) is 6.09 Å². The van der Waals surface area contributed by atoms with Gasteiger partial charge in [0.1, 0.15) is 0 Å². The van der Waals surface area contributed by atoms with Gasteiger partial charge in [0.2, 0.25) is 0 Å². The molecular weight excluding hydrogens is 200 g/mol. The number of ether oxygens (including phenoxy) is 2. The maximum absolute atomic E-state index is 11.4. The second kappa shape index (κ2) is 3.60. The Labute approximate surface area is 87.5 Å². The van der Waals surface area contributed by atoms with Crippen molar-refractivity contribution in [2.75, 3.05) is 26.2 Å². The average Bonchev–Trinajstić information content (AvgIpc) is 2.76. The standard InChI is InChI=1S/C9H14N2O4/c1-2-14-8(13)11-4-3-9(6-11)5-10-7(12)15-9/h2-6H2,1H3,(H,10,12). The van der Waals surface area contributed by atoms with Gasteiger partial charge in [-0.3, -0.25) is 0 Å². The average molecular weight is 214 g/mol. The van der Waals surface area contributed by atoms with Crippen LogP contribution in [-0.2, 0) is 9.47 Å². The van der Waals surface area contributed by atoms with Crippen molar-refractivity contribution < 1.29 is 19.1 Å². The van der Waals surface area contributed by atoms with E-state index in [0.717, 1.165) is 0 Å². The Kier molecular flexibility index (Phi) is 2.42.